The minimum Gasteiger partial charge on any atom is -0.316 e. The summed E-state index contributed by atoms with van der Waals surface area (Å²) >= 11 is 0. The summed E-state index contributed by atoms with van der Waals surface area (Å²) < 4.78 is 0. The maximum absolute atomic E-state index is 3.71. The molecule has 1 heteroatoms. The fraction of sp³-hybridized carbons (Fsp3) is 1.00. The van der Waals surface area contributed by atoms with Crippen LogP contribution in [0.15, 0.2) is 0 Å². The Bertz CT molecular complexity index is 261. The van der Waals surface area contributed by atoms with Crippen LogP contribution in [0.1, 0.15) is 66.2 Å². The smallest absolute Gasteiger partial charge is 0.0126 e. The minimum absolute atomic E-state index is 0.553. The van der Waals surface area contributed by atoms with Crippen molar-refractivity contribution >= 4 is 0 Å². The van der Waals surface area contributed by atoms with Gasteiger partial charge >= 0.3 is 0 Å². The highest BCUT2D eigenvalue weighted by Crippen LogP contribution is 2.48. The lowest BCUT2D eigenvalue weighted by molar-refractivity contribution is 0.104. The van der Waals surface area contributed by atoms with E-state index in [1.54, 1.807) is 0 Å². The first-order valence-electron chi connectivity index (χ1n) is 8.11. The maximum Gasteiger partial charge on any atom is 0.0126 e. The van der Waals surface area contributed by atoms with Gasteiger partial charge in [0, 0.05) is 6.04 Å². The summed E-state index contributed by atoms with van der Waals surface area (Å²) in [5.41, 5.74) is 0.553. The number of nitrogens with one attached hydrogen (secondary N) is 1. The van der Waals surface area contributed by atoms with Crippen LogP contribution in [0.5, 0.6) is 0 Å². The summed E-state index contributed by atoms with van der Waals surface area (Å²) in [5, 5.41) is 3.71. The van der Waals surface area contributed by atoms with Crippen molar-refractivity contribution in [2.75, 3.05) is 7.05 Å². The van der Waals surface area contributed by atoms with Crippen LogP contribution in [-0.2, 0) is 0 Å². The topological polar surface area (TPSA) is 12.0 Å². The Morgan fingerprint density at radius 1 is 1.06 bits per heavy atom. The van der Waals surface area contributed by atoms with Crippen molar-refractivity contribution in [1.82, 2.24) is 5.32 Å². The summed E-state index contributed by atoms with van der Waals surface area (Å²) in [6.07, 6.45) is 8.64. The van der Waals surface area contributed by atoms with Gasteiger partial charge in [-0.2, -0.15) is 0 Å². The third-order valence-electron chi connectivity index (χ3n) is 5.83. The SMILES string of the molecule is CNC(C1CC(C)CC(C)C1)C1CCCC1(C)C. The molecule has 2 saturated carbocycles. The monoisotopic (exact) mass is 251 g/mol. The van der Waals surface area contributed by atoms with E-state index in [1.165, 1.54) is 38.5 Å². The van der Waals surface area contributed by atoms with Crippen LogP contribution in [0.2, 0.25) is 0 Å². The molecule has 4 unspecified atom stereocenters. The molecule has 106 valence electrons. The molecule has 0 aliphatic heterocycles. The highest BCUT2D eigenvalue weighted by atomic mass is 14.9. The van der Waals surface area contributed by atoms with Crippen molar-refractivity contribution in [2.24, 2.45) is 29.1 Å². The van der Waals surface area contributed by atoms with Gasteiger partial charge in [-0.3, -0.25) is 0 Å². The van der Waals surface area contributed by atoms with Crippen molar-refractivity contribution in [3.05, 3.63) is 0 Å². The van der Waals surface area contributed by atoms with Crippen molar-refractivity contribution in [3.63, 3.8) is 0 Å². The molecule has 4 atom stereocenters. The van der Waals surface area contributed by atoms with Gasteiger partial charge in [-0.15, -0.1) is 0 Å². The molecule has 0 aromatic carbocycles. The molecule has 0 bridgehead atoms. The highest BCUT2D eigenvalue weighted by Gasteiger charge is 2.43. The molecule has 2 rings (SSSR count). The minimum atomic E-state index is 0.553. The molecule has 0 saturated heterocycles. The molecule has 1 nitrogen and oxygen atoms in total. The predicted octanol–water partition coefficient (Wildman–Crippen LogP) is 4.47. The standard InChI is InChI=1S/C17H33N/c1-12-9-13(2)11-14(10-12)16(18-5)15-7-6-8-17(15,3)4/h12-16,18H,6-11H2,1-5H3. The van der Waals surface area contributed by atoms with E-state index >= 15 is 0 Å². The Kier molecular flexibility index (Phi) is 4.41. The number of rotatable bonds is 3. The van der Waals surface area contributed by atoms with Crippen LogP contribution in [0.25, 0.3) is 0 Å². The van der Waals surface area contributed by atoms with E-state index in [0.717, 1.165) is 29.7 Å². The highest BCUT2D eigenvalue weighted by molar-refractivity contribution is 4.96. The van der Waals surface area contributed by atoms with Gasteiger partial charge in [0.2, 0.25) is 0 Å². The Labute approximate surface area is 114 Å². The molecule has 2 aliphatic rings. The van der Waals surface area contributed by atoms with Crippen molar-refractivity contribution in [2.45, 2.75) is 72.3 Å². The quantitative estimate of drug-likeness (QED) is 0.780. The van der Waals surface area contributed by atoms with Gasteiger partial charge in [0.1, 0.15) is 0 Å². The number of hydrogen-bond acceptors (Lipinski definition) is 1. The van der Waals surface area contributed by atoms with E-state index in [2.05, 4.69) is 40.1 Å². The molecule has 18 heavy (non-hydrogen) atoms. The number of hydrogen-bond donors (Lipinski definition) is 1. The van der Waals surface area contributed by atoms with Crippen molar-refractivity contribution in [3.8, 4) is 0 Å². The summed E-state index contributed by atoms with van der Waals surface area (Å²) in [4.78, 5) is 0. The lowest BCUT2D eigenvalue weighted by atomic mass is 9.67. The van der Waals surface area contributed by atoms with Gasteiger partial charge < -0.3 is 5.32 Å². The molecule has 0 spiro atoms. The molecule has 1 N–H and O–H groups in total. The molecule has 2 fully saturated rings. The third-order valence-corrected chi connectivity index (χ3v) is 5.83. The molecule has 2 aliphatic carbocycles. The molecule has 0 aromatic heterocycles. The van der Waals surface area contributed by atoms with Crippen molar-refractivity contribution < 1.29 is 0 Å². The van der Waals surface area contributed by atoms with Gasteiger partial charge in [-0.1, -0.05) is 34.1 Å². The van der Waals surface area contributed by atoms with E-state index in [1.807, 2.05) is 0 Å². The second-order valence-electron chi connectivity index (χ2n) is 7.98. The van der Waals surface area contributed by atoms with Gasteiger partial charge in [0.25, 0.3) is 0 Å². The summed E-state index contributed by atoms with van der Waals surface area (Å²) in [6, 6.07) is 0.757. The molecular weight excluding hydrogens is 218 g/mol. The fourth-order valence-corrected chi connectivity index (χ4v) is 5.09. The average Bonchev–Trinajstić information content (AvgIpc) is 2.59. The van der Waals surface area contributed by atoms with Crippen LogP contribution in [0.4, 0.5) is 0 Å². The average molecular weight is 251 g/mol. The maximum atomic E-state index is 3.71. The first-order chi connectivity index (χ1) is 8.44. The van der Waals surface area contributed by atoms with Crippen molar-refractivity contribution in [1.29, 1.82) is 0 Å². The Morgan fingerprint density at radius 2 is 1.67 bits per heavy atom. The molecule has 0 aromatic rings. The zero-order chi connectivity index (χ0) is 13.3. The molecule has 0 radical (unpaired) electrons. The lowest BCUT2D eigenvalue weighted by Crippen LogP contribution is -2.46. The summed E-state index contributed by atoms with van der Waals surface area (Å²) in [5.74, 6) is 3.67. The largest absolute Gasteiger partial charge is 0.316 e. The van der Waals surface area contributed by atoms with E-state index in [-0.39, 0.29) is 0 Å². The van der Waals surface area contributed by atoms with E-state index in [4.69, 9.17) is 0 Å². The van der Waals surface area contributed by atoms with Gasteiger partial charge in [0.05, 0.1) is 0 Å². The Hall–Kier alpha value is -0.0400. The Morgan fingerprint density at radius 3 is 2.11 bits per heavy atom. The first-order valence-corrected chi connectivity index (χ1v) is 8.11. The van der Waals surface area contributed by atoms with Gasteiger partial charge in [0.15, 0.2) is 0 Å². The lowest BCUT2D eigenvalue weighted by Gasteiger charge is -2.43. The van der Waals surface area contributed by atoms with E-state index in [0.29, 0.717) is 5.41 Å². The van der Waals surface area contributed by atoms with E-state index in [9.17, 15) is 0 Å². The fourth-order valence-electron chi connectivity index (χ4n) is 5.09. The van der Waals surface area contributed by atoms with Gasteiger partial charge in [-0.25, -0.2) is 0 Å². The normalized spacial score (nSPS) is 41.8. The first kappa shape index (κ1) is 14.4. The zero-order valence-electron chi connectivity index (χ0n) is 13.1. The molecular formula is C17H33N. The molecule has 0 heterocycles. The van der Waals surface area contributed by atoms with Crippen LogP contribution in [0, 0.1) is 29.1 Å². The van der Waals surface area contributed by atoms with Crippen LogP contribution < -0.4 is 5.32 Å². The summed E-state index contributed by atoms with van der Waals surface area (Å²) in [7, 11) is 2.20. The van der Waals surface area contributed by atoms with Gasteiger partial charge in [-0.05, 0) is 68.2 Å². The second kappa shape index (κ2) is 5.53. The van der Waals surface area contributed by atoms with Crippen LogP contribution in [-0.4, -0.2) is 13.1 Å². The van der Waals surface area contributed by atoms with Crippen LogP contribution >= 0.6 is 0 Å². The predicted molar refractivity (Wildman–Crippen MR) is 79.6 cm³/mol. The summed E-state index contributed by atoms with van der Waals surface area (Å²) in [6.45, 7) is 9.89. The van der Waals surface area contributed by atoms with E-state index < -0.39 is 0 Å². The zero-order valence-corrected chi connectivity index (χ0v) is 13.1. The Balaban J connectivity index is 2.08. The third kappa shape index (κ3) is 2.92. The second-order valence-corrected chi connectivity index (χ2v) is 7.98. The van der Waals surface area contributed by atoms with Crippen LogP contribution in [0.3, 0.4) is 0 Å². The molecule has 0 amide bonds.